The van der Waals surface area contributed by atoms with Gasteiger partial charge in [-0.25, -0.2) is 4.79 Å². The number of nitrogens with zero attached hydrogens (tertiary/aromatic N) is 1. The molecule has 0 fully saturated rings. The molecule has 2 N–H and O–H groups in total. The van der Waals surface area contributed by atoms with Gasteiger partial charge in [-0.15, -0.1) is 0 Å². The fourth-order valence-electron chi connectivity index (χ4n) is 2.46. The molecule has 1 unspecified atom stereocenters. The van der Waals surface area contributed by atoms with Gasteiger partial charge in [0.05, 0.1) is 5.69 Å². The Balaban J connectivity index is 1.96. The number of fused-ring (bicyclic) bond motifs is 1. The minimum absolute atomic E-state index is 0.331. The van der Waals surface area contributed by atoms with Gasteiger partial charge in [0.2, 0.25) is 0 Å². The van der Waals surface area contributed by atoms with Crippen LogP contribution in [-0.2, 0) is 11.3 Å². The number of aliphatic carboxylic acids is 1. The standard InChI is InChI=1S/C16H14N2O3/c19-15-12-8-4-5-9-13(12)17-18(14(15)16(20)21)10-11-6-2-1-3-7-11/h1-9,14,17H,10H2,(H,20,21). The number of carbonyl (C=O) groups is 2. The Bertz CT molecular complexity index is 685. The number of hydrogen-bond acceptors (Lipinski definition) is 4. The van der Waals surface area contributed by atoms with Crippen molar-refractivity contribution in [2.24, 2.45) is 0 Å². The molecule has 0 aliphatic carbocycles. The molecule has 1 heterocycles. The number of carboxylic acids is 1. The third kappa shape index (κ3) is 2.51. The molecule has 21 heavy (non-hydrogen) atoms. The van der Waals surface area contributed by atoms with Crippen LogP contribution in [0.4, 0.5) is 5.69 Å². The van der Waals surface area contributed by atoms with E-state index in [1.807, 2.05) is 30.3 Å². The van der Waals surface area contributed by atoms with Crippen molar-refractivity contribution < 1.29 is 14.7 Å². The SMILES string of the molecule is O=C(O)C1C(=O)c2ccccc2NN1Cc1ccccc1. The molecule has 1 atom stereocenters. The van der Waals surface area contributed by atoms with Gasteiger partial charge in [-0.2, -0.15) is 5.01 Å². The van der Waals surface area contributed by atoms with E-state index in [0.29, 0.717) is 17.8 Å². The normalized spacial score (nSPS) is 17.9. The summed E-state index contributed by atoms with van der Waals surface area (Å²) in [6.07, 6.45) is 0. The van der Waals surface area contributed by atoms with E-state index >= 15 is 0 Å². The van der Waals surface area contributed by atoms with E-state index in [0.717, 1.165) is 5.56 Å². The Morgan fingerprint density at radius 2 is 1.76 bits per heavy atom. The smallest absolute Gasteiger partial charge is 0.330 e. The van der Waals surface area contributed by atoms with Crippen LogP contribution in [-0.4, -0.2) is 27.9 Å². The lowest BCUT2D eigenvalue weighted by Gasteiger charge is -2.34. The summed E-state index contributed by atoms with van der Waals surface area (Å²) in [5.74, 6) is -1.55. The van der Waals surface area contributed by atoms with Gasteiger partial charge < -0.3 is 10.5 Å². The van der Waals surface area contributed by atoms with E-state index in [1.54, 1.807) is 24.3 Å². The first-order valence-corrected chi connectivity index (χ1v) is 6.60. The first-order valence-electron chi connectivity index (χ1n) is 6.60. The van der Waals surface area contributed by atoms with Gasteiger partial charge >= 0.3 is 5.97 Å². The lowest BCUT2D eigenvalue weighted by Crippen LogP contribution is -2.52. The average Bonchev–Trinajstić information content (AvgIpc) is 2.48. The molecule has 5 nitrogen and oxygen atoms in total. The number of anilines is 1. The number of hydrogen-bond donors (Lipinski definition) is 2. The van der Waals surface area contributed by atoms with Gasteiger partial charge in [-0.3, -0.25) is 4.79 Å². The van der Waals surface area contributed by atoms with Gasteiger partial charge in [0.1, 0.15) is 0 Å². The molecule has 106 valence electrons. The van der Waals surface area contributed by atoms with Gasteiger partial charge in [-0.05, 0) is 17.7 Å². The highest BCUT2D eigenvalue weighted by molar-refractivity contribution is 6.15. The van der Waals surface area contributed by atoms with Crippen LogP contribution in [0.15, 0.2) is 54.6 Å². The highest BCUT2D eigenvalue weighted by atomic mass is 16.4. The Kier molecular flexibility index (Phi) is 3.41. The zero-order chi connectivity index (χ0) is 14.8. The number of benzene rings is 2. The van der Waals surface area contributed by atoms with E-state index in [4.69, 9.17) is 0 Å². The first-order chi connectivity index (χ1) is 10.2. The summed E-state index contributed by atoms with van der Waals surface area (Å²) in [6, 6.07) is 15.2. The average molecular weight is 282 g/mol. The largest absolute Gasteiger partial charge is 0.480 e. The summed E-state index contributed by atoms with van der Waals surface area (Å²) < 4.78 is 0. The molecule has 0 spiro atoms. The molecule has 0 saturated heterocycles. The van der Waals surface area contributed by atoms with Crippen LogP contribution in [0.1, 0.15) is 15.9 Å². The molecule has 2 aromatic carbocycles. The lowest BCUT2D eigenvalue weighted by molar-refractivity contribution is -0.141. The van der Waals surface area contributed by atoms with Crippen molar-refractivity contribution in [2.45, 2.75) is 12.6 Å². The second-order valence-electron chi connectivity index (χ2n) is 4.88. The van der Waals surface area contributed by atoms with Gasteiger partial charge in [-0.1, -0.05) is 42.5 Å². The van der Waals surface area contributed by atoms with Crippen LogP contribution >= 0.6 is 0 Å². The third-order valence-corrected chi connectivity index (χ3v) is 3.45. The van der Waals surface area contributed by atoms with Crippen molar-refractivity contribution in [2.75, 3.05) is 5.43 Å². The molecule has 0 radical (unpaired) electrons. The number of para-hydroxylation sites is 1. The second-order valence-corrected chi connectivity index (χ2v) is 4.88. The number of hydrazine groups is 1. The summed E-state index contributed by atoms with van der Waals surface area (Å²) in [5, 5.41) is 10.8. The fourth-order valence-corrected chi connectivity index (χ4v) is 2.46. The zero-order valence-electron chi connectivity index (χ0n) is 11.2. The maximum absolute atomic E-state index is 12.4. The van der Waals surface area contributed by atoms with Crippen LogP contribution in [0.25, 0.3) is 0 Å². The Morgan fingerprint density at radius 3 is 2.48 bits per heavy atom. The Morgan fingerprint density at radius 1 is 1.10 bits per heavy atom. The highest BCUT2D eigenvalue weighted by Gasteiger charge is 2.38. The van der Waals surface area contributed by atoms with Gasteiger partial charge in [0.25, 0.3) is 0 Å². The molecule has 5 heteroatoms. The molecule has 1 aliphatic rings. The number of carbonyl (C=O) groups excluding carboxylic acids is 1. The lowest BCUT2D eigenvalue weighted by atomic mass is 9.99. The zero-order valence-corrected chi connectivity index (χ0v) is 11.2. The second kappa shape index (κ2) is 5.38. The van der Waals surface area contributed by atoms with Gasteiger partial charge in [0.15, 0.2) is 11.8 Å². The number of rotatable bonds is 3. The fraction of sp³-hybridized carbons (Fsp3) is 0.125. The predicted octanol–water partition coefficient (Wildman–Crippen LogP) is 2.17. The van der Waals surface area contributed by atoms with E-state index in [-0.39, 0.29) is 0 Å². The topological polar surface area (TPSA) is 69.6 Å². The predicted molar refractivity (Wildman–Crippen MR) is 77.8 cm³/mol. The molecule has 3 rings (SSSR count). The molecule has 2 aromatic rings. The first kappa shape index (κ1) is 13.3. The number of ketones is 1. The molecular formula is C16H14N2O3. The van der Waals surface area contributed by atoms with Crippen LogP contribution < -0.4 is 5.43 Å². The maximum atomic E-state index is 12.4. The maximum Gasteiger partial charge on any atom is 0.330 e. The Labute approximate surface area is 121 Å². The third-order valence-electron chi connectivity index (χ3n) is 3.45. The number of nitrogens with one attached hydrogen (secondary N) is 1. The summed E-state index contributed by atoms with van der Waals surface area (Å²) in [7, 11) is 0. The van der Waals surface area contributed by atoms with Crippen molar-refractivity contribution in [3.05, 3.63) is 65.7 Å². The minimum atomic E-state index is -1.22. The molecule has 1 aliphatic heterocycles. The van der Waals surface area contributed by atoms with Crippen molar-refractivity contribution in [3.63, 3.8) is 0 Å². The summed E-state index contributed by atoms with van der Waals surface area (Å²) >= 11 is 0. The molecule has 0 amide bonds. The van der Waals surface area contributed by atoms with Crippen molar-refractivity contribution >= 4 is 17.4 Å². The summed E-state index contributed by atoms with van der Waals surface area (Å²) in [4.78, 5) is 23.9. The molecule has 0 saturated carbocycles. The minimum Gasteiger partial charge on any atom is -0.480 e. The quantitative estimate of drug-likeness (QED) is 0.844. The van der Waals surface area contributed by atoms with E-state index in [9.17, 15) is 14.7 Å². The van der Waals surface area contributed by atoms with Gasteiger partial charge in [0, 0.05) is 12.1 Å². The molecular weight excluding hydrogens is 268 g/mol. The highest BCUT2D eigenvalue weighted by Crippen LogP contribution is 2.26. The van der Waals surface area contributed by atoms with Crippen LogP contribution in [0.5, 0.6) is 0 Å². The number of Topliss-reactive ketones (excluding diaryl/α,β-unsaturated/α-hetero) is 1. The van der Waals surface area contributed by atoms with Crippen LogP contribution in [0.2, 0.25) is 0 Å². The molecule has 0 aromatic heterocycles. The summed E-state index contributed by atoms with van der Waals surface area (Å²) in [5.41, 5.74) is 5.02. The van der Waals surface area contributed by atoms with Crippen LogP contribution in [0, 0.1) is 0 Å². The van der Waals surface area contributed by atoms with Crippen LogP contribution in [0.3, 0.4) is 0 Å². The van der Waals surface area contributed by atoms with E-state index in [1.165, 1.54) is 5.01 Å². The van der Waals surface area contributed by atoms with Crippen molar-refractivity contribution in [3.8, 4) is 0 Å². The monoisotopic (exact) mass is 282 g/mol. The Hall–Kier alpha value is -2.66. The van der Waals surface area contributed by atoms with Crippen molar-refractivity contribution in [1.82, 2.24) is 5.01 Å². The number of carboxylic acid groups (broad SMARTS) is 1. The van der Waals surface area contributed by atoms with E-state index < -0.39 is 17.8 Å². The van der Waals surface area contributed by atoms with E-state index in [2.05, 4.69) is 5.43 Å². The summed E-state index contributed by atoms with van der Waals surface area (Å²) in [6.45, 7) is 0.331. The molecule has 0 bridgehead atoms. The van der Waals surface area contributed by atoms with Crippen molar-refractivity contribution in [1.29, 1.82) is 0 Å².